The Morgan fingerprint density at radius 1 is 1.35 bits per heavy atom. The second-order valence-corrected chi connectivity index (χ2v) is 4.45. The van der Waals surface area contributed by atoms with Gasteiger partial charge in [-0.25, -0.2) is 8.78 Å². The fourth-order valence-electron chi connectivity index (χ4n) is 1.41. The molecule has 1 aromatic rings. The highest BCUT2D eigenvalue weighted by Crippen LogP contribution is 2.13. The van der Waals surface area contributed by atoms with E-state index in [0.29, 0.717) is 6.42 Å². The van der Waals surface area contributed by atoms with Gasteiger partial charge < -0.3 is 15.3 Å². The van der Waals surface area contributed by atoms with Crippen LogP contribution in [0.4, 0.5) is 14.5 Å². The van der Waals surface area contributed by atoms with Gasteiger partial charge in [-0.05, 0) is 25.5 Å². The monoisotopic (exact) mass is 286 g/mol. The number of amides is 2. The van der Waals surface area contributed by atoms with Crippen LogP contribution >= 0.6 is 0 Å². The largest absolute Gasteiger partial charge is 0.393 e. The molecule has 0 bridgehead atoms. The molecule has 0 saturated heterocycles. The molecule has 1 rings (SSSR count). The highest BCUT2D eigenvalue weighted by molar-refractivity contribution is 6.39. The van der Waals surface area contributed by atoms with Crippen LogP contribution in [0, 0.1) is 11.6 Å². The second kappa shape index (κ2) is 6.95. The lowest BCUT2D eigenvalue weighted by Gasteiger charge is -2.17. The van der Waals surface area contributed by atoms with Crippen molar-refractivity contribution in [1.82, 2.24) is 4.90 Å². The molecular weight excluding hydrogens is 270 g/mol. The van der Waals surface area contributed by atoms with Crippen molar-refractivity contribution in [2.45, 2.75) is 19.4 Å². The van der Waals surface area contributed by atoms with Crippen LogP contribution in [-0.4, -0.2) is 41.5 Å². The van der Waals surface area contributed by atoms with E-state index in [2.05, 4.69) is 5.32 Å². The lowest BCUT2D eigenvalue weighted by molar-refractivity contribution is -0.142. The highest BCUT2D eigenvalue weighted by atomic mass is 19.2. The van der Waals surface area contributed by atoms with Crippen molar-refractivity contribution < 1.29 is 23.5 Å². The molecule has 2 amide bonds. The number of likely N-dealkylation sites (N-methyl/N-ethyl adjacent to an activating group) is 1. The Labute approximate surface area is 115 Å². The number of nitrogens with one attached hydrogen (secondary N) is 1. The van der Waals surface area contributed by atoms with Gasteiger partial charge in [0.05, 0.1) is 6.10 Å². The summed E-state index contributed by atoms with van der Waals surface area (Å²) in [5.74, 6) is -3.93. The number of rotatable bonds is 4. The zero-order chi connectivity index (χ0) is 15.3. The van der Waals surface area contributed by atoms with E-state index < -0.39 is 29.6 Å². The minimum Gasteiger partial charge on any atom is -0.393 e. The van der Waals surface area contributed by atoms with Gasteiger partial charge in [-0.3, -0.25) is 9.59 Å². The summed E-state index contributed by atoms with van der Waals surface area (Å²) in [7, 11) is 1.41. The van der Waals surface area contributed by atoms with Crippen molar-refractivity contribution in [2.24, 2.45) is 0 Å². The number of aliphatic hydroxyl groups excluding tert-OH is 1. The van der Waals surface area contributed by atoms with Gasteiger partial charge in [0.2, 0.25) is 0 Å². The average molecular weight is 286 g/mol. The maximum absolute atomic E-state index is 12.9. The maximum Gasteiger partial charge on any atom is 0.313 e. The van der Waals surface area contributed by atoms with Crippen LogP contribution in [-0.2, 0) is 9.59 Å². The summed E-state index contributed by atoms with van der Waals surface area (Å²) in [4.78, 5) is 24.4. The summed E-state index contributed by atoms with van der Waals surface area (Å²) >= 11 is 0. The number of aliphatic hydroxyl groups is 1. The van der Waals surface area contributed by atoms with Crippen LogP contribution in [0.15, 0.2) is 18.2 Å². The van der Waals surface area contributed by atoms with Gasteiger partial charge in [0.15, 0.2) is 11.6 Å². The van der Waals surface area contributed by atoms with Crippen LogP contribution in [0.3, 0.4) is 0 Å². The minimum atomic E-state index is -1.11. The van der Waals surface area contributed by atoms with Gasteiger partial charge in [0.25, 0.3) is 0 Å². The van der Waals surface area contributed by atoms with Gasteiger partial charge >= 0.3 is 11.8 Å². The van der Waals surface area contributed by atoms with Crippen LogP contribution in [0.5, 0.6) is 0 Å². The molecule has 1 unspecified atom stereocenters. The molecule has 5 nitrogen and oxygen atoms in total. The number of carbonyl (C=O) groups excluding carboxylic acids is 2. The molecule has 1 atom stereocenters. The lowest BCUT2D eigenvalue weighted by Crippen LogP contribution is -2.38. The molecule has 0 saturated carbocycles. The van der Waals surface area contributed by atoms with E-state index in [1.807, 2.05) is 0 Å². The number of anilines is 1. The Bertz CT molecular complexity index is 506. The van der Waals surface area contributed by atoms with Crippen molar-refractivity contribution in [3.63, 3.8) is 0 Å². The summed E-state index contributed by atoms with van der Waals surface area (Å²) in [5.41, 5.74) is -0.00817. The van der Waals surface area contributed by atoms with Gasteiger partial charge in [-0.1, -0.05) is 0 Å². The average Bonchev–Trinajstić information content (AvgIpc) is 2.39. The van der Waals surface area contributed by atoms with Crippen molar-refractivity contribution in [1.29, 1.82) is 0 Å². The number of halogens is 2. The van der Waals surface area contributed by atoms with E-state index in [9.17, 15) is 18.4 Å². The SMILES string of the molecule is CC(O)CCN(C)C(=O)C(=O)Nc1ccc(F)c(F)c1. The van der Waals surface area contributed by atoms with E-state index in [-0.39, 0.29) is 12.2 Å². The molecular formula is C13H16F2N2O3. The van der Waals surface area contributed by atoms with Crippen molar-refractivity contribution >= 4 is 17.5 Å². The first-order valence-corrected chi connectivity index (χ1v) is 6.01. The summed E-state index contributed by atoms with van der Waals surface area (Å²) in [5, 5.41) is 11.3. The van der Waals surface area contributed by atoms with Gasteiger partial charge in [0.1, 0.15) is 0 Å². The Morgan fingerprint density at radius 2 is 2.00 bits per heavy atom. The topological polar surface area (TPSA) is 69.6 Å². The summed E-state index contributed by atoms with van der Waals surface area (Å²) in [6.07, 6.45) is -0.250. The molecule has 20 heavy (non-hydrogen) atoms. The Kier molecular flexibility index (Phi) is 5.57. The summed E-state index contributed by atoms with van der Waals surface area (Å²) < 4.78 is 25.7. The first-order chi connectivity index (χ1) is 9.31. The quantitative estimate of drug-likeness (QED) is 0.815. The summed E-state index contributed by atoms with van der Waals surface area (Å²) in [6, 6.07) is 2.79. The number of benzene rings is 1. The highest BCUT2D eigenvalue weighted by Gasteiger charge is 2.19. The van der Waals surface area contributed by atoms with Crippen molar-refractivity contribution in [3.8, 4) is 0 Å². The Balaban J connectivity index is 2.61. The molecule has 0 spiro atoms. The van der Waals surface area contributed by atoms with Gasteiger partial charge in [-0.15, -0.1) is 0 Å². The van der Waals surface area contributed by atoms with E-state index in [0.717, 1.165) is 23.1 Å². The van der Waals surface area contributed by atoms with E-state index >= 15 is 0 Å². The van der Waals surface area contributed by atoms with E-state index in [1.165, 1.54) is 7.05 Å². The first kappa shape index (κ1) is 16.0. The molecule has 110 valence electrons. The molecule has 0 aliphatic carbocycles. The molecule has 7 heteroatoms. The first-order valence-electron chi connectivity index (χ1n) is 6.01. The predicted octanol–water partition coefficient (Wildman–Crippen LogP) is 1.13. The molecule has 2 N–H and O–H groups in total. The number of hydrogen-bond acceptors (Lipinski definition) is 3. The fraction of sp³-hybridized carbons (Fsp3) is 0.385. The van der Waals surface area contributed by atoms with Crippen LogP contribution in [0.1, 0.15) is 13.3 Å². The fourth-order valence-corrected chi connectivity index (χ4v) is 1.41. The lowest BCUT2D eigenvalue weighted by atomic mass is 10.2. The van der Waals surface area contributed by atoms with Crippen molar-refractivity contribution in [3.05, 3.63) is 29.8 Å². The second-order valence-electron chi connectivity index (χ2n) is 4.45. The minimum absolute atomic E-state index is 0.00817. The van der Waals surface area contributed by atoms with Crippen LogP contribution in [0.25, 0.3) is 0 Å². The third kappa shape index (κ3) is 4.58. The molecule has 0 fully saturated rings. The van der Waals surface area contributed by atoms with E-state index in [1.54, 1.807) is 6.92 Å². The zero-order valence-electron chi connectivity index (χ0n) is 11.2. The molecule has 0 radical (unpaired) electrons. The maximum atomic E-state index is 12.9. The molecule has 1 aromatic carbocycles. The third-order valence-corrected chi connectivity index (χ3v) is 2.60. The molecule has 0 aliphatic heterocycles. The normalized spacial score (nSPS) is 11.8. The molecule has 0 aliphatic rings. The van der Waals surface area contributed by atoms with Crippen LogP contribution < -0.4 is 5.32 Å². The third-order valence-electron chi connectivity index (χ3n) is 2.60. The van der Waals surface area contributed by atoms with Crippen LogP contribution in [0.2, 0.25) is 0 Å². The molecule has 0 heterocycles. The van der Waals surface area contributed by atoms with Gasteiger partial charge in [-0.2, -0.15) is 0 Å². The standard InChI is InChI=1S/C13H16F2N2O3/c1-8(18)5-6-17(2)13(20)12(19)16-9-3-4-10(14)11(15)7-9/h3-4,7-8,18H,5-6H2,1-2H3,(H,16,19). The number of hydrogen-bond donors (Lipinski definition) is 2. The Morgan fingerprint density at radius 3 is 2.55 bits per heavy atom. The van der Waals surface area contributed by atoms with E-state index in [4.69, 9.17) is 5.11 Å². The molecule has 0 aromatic heterocycles. The Hall–Kier alpha value is -2.02. The summed E-state index contributed by atoms with van der Waals surface area (Å²) in [6.45, 7) is 1.78. The number of nitrogens with zero attached hydrogens (tertiary/aromatic N) is 1. The number of carbonyl (C=O) groups is 2. The van der Waals surface area contributed by atoms with Crippen molar-refractivity contribution in [2.75, 3.05) is 18.9 Å². The smallest absolute Gasteiger partial charge is 0.313 e. The predicted molar refractivity (Wildman–Crippen MR) is 68.9 cm³/mol. The van der Waals surface area contributed by atoms with Gasteiger partial charge in [0, 0.05) is 25.3 Å². The zero-order valence-corrected chi connectivity index (χ0v) is 11.2.